The molecule has 1 amide bonds. The predicted octanol–water partition coefficient (Wildman–Crippen LogP) is 5.48. The first-order valence-electron chi connectivity index (χ1n) is 9.39. The molecule has 2 aromatic rings. The van der Waals surface area contributed by atoms with Crippen LogP contribution in [0.15, 0.2) is 53.7 Å². The van der Waals surface area contributed by atoms with Crippen molar-refractivity contribution in [1.29, 1.82) is 0 Å². The highest BCUT2D eigenvalue weighted by atomic mass is 35.5. The number of amides is 1. The summed E-state index contributed by atoms with van der Waals surface area (Å²) in [6.07, 6.45) is 2.38. The molecule has 27 heavy (non-hydrogen) atoms. The molecular formula is C23H22ClNO2. The molecule has 1 aliphatic heterocycles. The van der Waals surface area contributed by atoms with Crippen LogP contribution in [0.25, 0.3) is 0 Å². The van der Waals surface area contributed by atoms with Crippen LogP contribution in [0.4, 0.5) is 5.69 Å². The van der Waals surface area contributed by atoms with Gasteiger partial charge < -0.3 is 0 Å². The first-order chi connectivity index (χ1) is 13.0. The average Bonchev–Trinajstić information content (AvgIpc) is 2.65. The number of ketones is 1. The van der Waals surface area contributed by atoms with Crippen LogP contribution in [0.2, 0.25) is 5.02 Å². The molecule has 0 spiro atoms. The second-order valence-corrected chi connectivity index (χ2v) is 7.77. The van der Waals surface area contributed by atoms with Gasteiger partial charge in [0, 0.05) is 35.1 Å². The third-order valence-electron chi connectivity index (χ3n) is 5.72. The number of hydrogen-bond donors (Lipinski definition) is 0. The fourth-order valence-corrected chi connectivity index (χ4v) is 4.52. The standard InChI is InChI=1S/C23H22ClNO2/c1-14-7-3-4-8-16(14)17-13-22(27)25(19-10-5-9-18(24)15(19)2)20-11-6-12-21(26)23(17)20/h3-5,7-10,17H,6,11-13H2,1-2H3. The number of carbonyl (C=O) groups excluding carboxylic acids is 2. The van der Waals surface area contributed by atoms with Gasteiger partial charge in [-0.15, -0.1) is 0 Å². The van der Waals surface area contributed by atoms with Crippen LogP contribution in [0, 0.1) is 13.8 Å². The second kappa shape index (κ2) is 6.97. The maximum absolute atomic E-state index is 13.3. The number of anilines is 1. The molecule has 0 bridgehead atoms. The van der Waals surface area contributed by atoms with E-state index in [1.165, 1.54) is 0 Å². The van der Waals surface area contributed by atoms with Gasteiger partial charge in [-0.2, -0.15) is 0 Å². The molecule has 0 fully saturated rings. The van der Waals surface area contributed by atoms with E-state index in [0.29, 0.717) is 17.9 Å². The van der Waals surface area contributed by atoms with Gasteiger partial charge >= 0.3 is 0 Å². The van der Waals surface area contributed by atoms with Crippen LogP contribution in [0.1, 0.15) is 48.3 Å². The van der Waals surface area contributed by atoms with Gasteiger partial charge in [0.2, 0.25) is 5.91 Å². The largest absolute Gasteiger partial charge is 0.294 e. The number of carbonyl (C=O) groups is 2. The van der Waals surface area contributed by atoms with Crippen LogP contribution in [0.5, 0.6) is 0 Å². The second-order valence-electron chi connectivity index (χ2n) is 7.36. The molecule has 1 aliphatic carbocycles. The molecule has 3 nitrogen and oxygen atoms in total. The lowest BCUT2D eigenvalue weighted by atomic mass is 9.76. The van der Waals surface area contributed by atoms with Crippen LogP contribution in [0.3, 0.4) is 0 Å². The lowest BCUT2D eigenvalue weighted by molar-refractivity contribution is -0.119. The fraction of sp³-hybridized carbons (Fsp3) is 0.304. The topological polar surface area (TPSA) is 37.4 Å². The molecule has 2 aliphatic rings. The zero-order valence-corrected chi connectivity index (χ0v) is 16.3. The zero-order valence-electron chi connectivity index (χ0n) is 15.6. The summed E-state index contributed by atoms with van der Waals surface area (Å²) in [5.74, 6) is 0.0426. The summed E-state index contributed by atoms with van der Waals surface area (Å²) in [4.78, 5) is 27.9. The molecule has 1 atom stereocenters. The van der Waals surface area contributed by atoms with Crippen molar-refractivity contribution in [2.75, 3.05) is 4.90 Å². The van der Waals surface area contributed by atoms with Gasteiger partial charge in [0.05, 0.1) is 5.69 Å². The lowest BCUT2D eigenvalue weighted by Gasteiger charge is -2.39. The SMILES string of the molecule is Cc1ccccc1C1CC(=O)N(c2cccc(Cl)c2C)C2=C1C(=O)CCC2. The Hall–Kier alpha value is -2.39. The monoisotopic (exact) mass is 379 g/mol. The van der Waals surface area contributed by atoms with E-state index in [2.05, 4.69) is 0 Å². The quantitative estimate of drug-likeness (QED) is 0.692. The molecule has 0 aromatic heterocycles. The van der Waals surface area contributed by atoms with E-state index in [1.54, 1.807) is 4.90 Å². The Labute approximate surface area is 164 Å². The van der Waals surface area contributed by atoms with Crippen molar-refractivity contribution in [3.63, 3.8) is 0 Å². The van der Waals surface area contributed by atoms with Crippen molar-refractivity contribution in [2.24, 2.45) is 0 Å². The van der Waals surface area contributed by atoms with E-state index in [9.17, 15) is 9.59 Å². The molecule has 138 valence electrons. The molecule has 4 heteroatoms. The van der Waals surface area contributed by atoms with Crippen LogP contribution in [-0.2, 0) is 9.59 Å². The van der Waals surface area contributed by atoms with Gasteiger partial charge in [-0.25, -0.2) is 0 Å². The number of halogens is 1. The third kappa shape index (κ3) is 3.00. The highest BCUT2D eigenvalue weighted by Gasteiger charge is 2.40. The molecule has 2 aromatic carbocycles. The fourth-order valence-electron chi connectivity index (χ4n) is 4.35. The van der Waals surface area contributed by atoms with Gasteiger partial charge in [0.1, 0.15) is 0 Å². The molecule has 0 saturated heterocycles. The number of Topliss-reactive ketones (excluding diaryl/α,β-unsaturated/α-hetero) is 1. The van der Waals surface area contributed by atoms with Crippen molar-refractivity contribution in [3.05, 3.63) is 75.4 Å². The Kier molecular flexibility index (Phi) is 4.65. The van der Waals surface area contributed by atoms with Crippen molar-refractivity contribution in [1.82, 2.24) is 0 Å². The normalized spacial score (nSPS) is 20.1. The Morgan fingerprint density at radius 1 is 1.00 bits per heavy atom. The van der Waals surface area contributed by atoms with E-state index >= 15 is 0 Å². The number of allylic oxidation sites excluding steroid dienone is 2. The minimum absolute atomic E-state index is 0.0297. The number of benzene rings is 2. The molecule has 1 heterocycles. The highest BCUT2D eigenvalue weighted by molar-refractivity contribution is 6.31. The van der Waals surface area contributed by atoms with Gasteiger partial charge in [-0.3, -0.25) is 14.5 Å². The summed E-state index contributed by atoms with van der Waals surface area (Å²) in [6.45, 7) is 3.96. The number of hydrogen-bond acceptors (Lipinski definition) is 2. The maximum Gasteiger partial charge on any atom is 0.232 e. The van der Waals surface area contributed by atoms with Crippen molar-refractivity contribution in [3.8, 4) is 0 Å². The van der Waals surface area contributed by atoms with Crippen molar-refractivity contribution >= 4 is 29.0 Å². The van der Waals surface area contributed by atoms with Gasteiger partial charge in [-0.1, -0.05) is 41.9 Å². The summed E-state index contributed by atoms with van der Waals surface area (Å²) in [5.41, 5.74) is 5.53. The summed E-state index contributed by atoms with van der Waals surface area (Å²) in [7, 11) is 0. The molecule has 4 rings (SSSR count). The highest BCUT2D eigenvalue weighted by Crippen LogP contribution is 2.45. The average molecular weight is 380 g/mol. The molecule has 1 unspecified atom stereocenters. The van der Waals surface area contributed by atoms with Crippen LogP contribution < -0.4 is 4.90 Å². The van der Waals surface area contributed by atoms with E-state index in [0.717, 1.165) is 46.5 Å². The summed E-state index contributed by atoms with van der Waals surface area (Å²) in [5, 5.41) is 0.630. The van der Waals surface area contributed by atoms with Crippen LogP contribution in [-0.4, -0.2) is 11.7 Å². The van der Waals surface area contributed by atoms with E-state index in [1.807, 2.05) is 56.3 Å². The summed E-state index contributed by atoms with van der Waals surface area (Å²) < 4.78 is 0. The minimum Gasteiger partial charge on any atom is -0.294 e. The maximum atomic E-state index is 13.3. The Morgan fingerprint density at radius 2 is 1.78 bits per heavy atom. The van der Waals surface area contributed by atoms with E-state index in [4.69, 9.17) is 11.6 Å². The first kappa shape index (κ1) is 18.0. The van der Waals surface area contributed by atoms with E-state index in [-0.39, 0.29) is 17.6 Å². The Balaban J connectivity index is 1.92. The number of nitrogens with zero attached hydrogens (tertiary/aromatic N) is 1. The summed E-state index contributed by atoms with van der Waals surface area (Å²) in [6, 6.07) is 13.7. The predicted molar refractivity (Wildman–Crippen MR) is 108 cm³/mol. The smallest absolute Gasteiger partial charge is 0.232 e. The van der Waals surface area contributed by atoms with E-state index < -0.39 is 0 Å². The van der Waals surface area contributed by atoms with Crippen molar-refractivity contribution < 1.29 is 9.59 Å². The van der Waals surface area contributed by atoms with Gasteiger partial charge in [-0.05, 0) is 55.5 Å². The third-order valence-corrected chi connectivity index (χ3v) is 6.13. The number of aryl methyl sites for hydroxylation is 1. The number of rotatable bonds is 2. The molecule has 0 radical (unpaired) electrons. The van der Waals surface area contributed by atoms with Gasteiger partial charge in [0.15, 0.2) is 5.78 Å². The lowest BCUT2D eigenvalue weighted by Crippen LogP contribution is -2.41. The minimum atomic E-state index is -0.155. The Bertz CT molecular complexity index is 976. The van der Waals surface area contributed by atoms with Crippen LogP contribution >= 0.6 is 11.6 Å². The molecular weight excluding hydrogens is 358 g/mol. The first-order valence-corrected chi connectivity index (χ1v) is 9.76. The Morgan fingerprint density at radius 3 is 2.56 bits per heavy atom. The van der Waals surface area contributed by atoms with Crippen molar-refractivity contribution in [2.45, 2.75) is 45.4 Å². The molecule has 0 saturated carbocycles. The van der Waals surface area contributed by atoms with Gasteiger partial charge in [0.25, 0.3) is 0 Å². The zero-order chi connectivity index (χ0) is 19.1. The molecule has 0 N–H and O–H groups in total. The summed E-state index contributed by atoms with van der Waals surface area (Å²) >= 11 is 6.31.